The first-order chi connectivity index (χ1) is 24.0. The molecule has 2 aliphatic rings. The molecule has 11 atom stereocenters. The van der Waals surface area contributed by atoms with Crippen LogP contribution in [-0.4, -0.2) is 134 Å². The van der Waals surface area contributed by atoms with E-state index in [9.17, 15) is 60.2 Å². The molecule has 52 heavy (non-hydrogen) atoms. The maximum absolute atomic E-state index is 13.5. The van der Waals surface area contributed by atoms with Gasteiger partial charge in [0.05, 0.1) is 13.2 Å². The number of hydrogen-bond donors (Lipinski definition) is 3. The Morgan fingerprint density at radius 1 is 0.731 bits per heavy atom. The molecule has 0 bridgehead atoms. The summed E-state index contributed by atoms with van der Waals surface area (Å²) < 4.78 is 122. The van der Waals surface area contributed by atoms with E-state index in [-0.39, 0.29) is 0 Å². The van der Waals surface area contributed by atoms with Crippen LogP contribution in [0.1, 0.15) is 34.6 Å². The van der Waals surface area contributed by atoms with E-state index in [0.29, 0.717) is 0 Å². The minimum absolute atomic E-state index is 0.736. The van der Waals surface area contributed by atoms with Gasteiger partial charge in [-0.25, -0.2) is 0 Å². The SMILES string of the molecule is CC(=O)OC1C(NC(O)C(F)(F)F)[C@H](OCC2O[C@@H](OC(C)=O)C(NC(=O)C(F)(F)F)C(OC(C)=O)[C@@H]2OC(C)=O)OC(CN=[N+]=[N-])[C@H]1OC(C)=O. The lowest BCUT2D eigenvalue weighted by Crippen LogP contribution is -2.69. The number of nitrogens with zero attached hydrogens (tertiary/aromatic N) is 3. The highest BCUT2D eigenvalue weighted by Gasteiger charge is 2.56. The first-order valence-electron chi connectivity index (χ1n) is 14.6. The van der Waals surface area contributed by atoms with Crippen molar-refractivity contribution in [2.45, 2.75) is 114 Å². The Kier molecular flexibility index (Phi) is 15.4. The number of esters is 5. The van der Waals surface area contributed by atoms with E-state index in [1.54, 1.807) is 5.32 Å². The van der Waals surface area contributed by atoms with Crippen molar-refractivity contribution in [3.05, 3.63) is 10.4 Å². The summed E-state index contributed by atoms with van der Waals surface area (Å²) in [6, 6.07) is -4.34. The molecule has 3 N–H and O–H groups in total. The van der Waals surface area contributed by atoms with Crippen molar-refractivity contribution in [3.63, 3.8) is 0 Å². The van der Waals surface area contributed by atoms with Crippen molar-refractivity contribution in [1.29, 1.82) is 0 Å². The Labute approximate surface area is 288 Å². The highest BCUT2D eigenvalue weighted by atomic mass is 19.4. The average molecular weight is 770 g/mol. The lowest BCUT2D eigenvalue weighted by molar-refractivity contribution is -0.306. The minimum Gasteiger partial charge on any atom is -0.457 e. The molecule has 0 saturated carbocycles. The Morgan fingerprint density at radius 2 is 1.17 bits per heavy atom. The third-order valence-electron chi connectivity index (χ3n) is 6.75. The molecule has 2 heterocycles. The third-order valence-corrected chi connectivity index (χ3v) is 6.75. The number of azide groups is 1. The zero-order valence-corrected chi connectivity index (χ0v) is 27.5. The van der Waals surface area contributed by atoms with Gasteiger partial charge < -0.3 is 48.3 Å². The summed E-state index contributed by atoms with van der Waals surface area (Å²) >= 11 is 0. The number of hydrogen-bond acceptors (Lipinski definition) is 17. The Balaban J connectivity index is 2.67. The molecule has 0 spiro atoms. The number of aliphatic hydroxyl groups is 1. The number of rotatable bonds is 13. The molecule has 2 saturated heterocycles. The Hall–Kier alpha value is -4.49. The van der Waals surface area contributed by atoms with Crippen molar-refractivity contribution >= 4 is 35.8 Å². The number of nitrogens with one attached hydrogen (secondary N) is 2. The number of aliphatic hydroxyl groups excluding tert-OH is 1. The molecule has 0 aromatic rings. The van der Waals surface area contributed by atoms with Gasteiger partial charge in [-0.1, -0.05) is 5.11 Å². The zero-order chi connectivity index (χ0) is 39.7. The van der Waals surface area contributed by atoms with Crippen LogP contribution >= 0.6 is 0 Å². The highest BCUT2D eigenvalue weighted by molar-refractivity contribution is 5.82. The standard InChI is InChI=1S/C26H33F6N5O15/c1-8(38)46-17-13(6-34-37-33)51-21(15(19(17)48-10(3)40)35-23(43)25(27,28)29)45-7-14-18(47-9(2)39)20(49-11(4)41)16(22(52-14)50-12(5)42)36-24(44)26(30,31)32/h13-23,35,43H,6-7H2,1-5H3,(H,36,44)/t13?,14?,15?,16?,17-,18-,19?,20?,21-,22-,23?/m1/s1. The normalized spacial score (nSPS) is 29.7. The summed E-state index contributed by atoms with van der Waals surface area (Å²) in [5.74, 6) is -8.50. The molecule has 294 valence electrons. The summed E-state index contributed by atoms with van der Waals surface area (Å²) in [5.41, 5.74) is 8.86. The van der Waals surface area contributed by atoms with Crippen LogP contribution in [0.4, 0.5) is 26.3 Å². The van der Waals surface area contributed by atoms with Gasteiger partial charge in [0.15, 0.2) is 30.7 Å². The summed E-state index contributed by atoms with van der Waals surface area (Å²) in [6.07, 6.45) is -30.3. The maximum Gasteiger partial charge on any atom is 0.471 e. The van der Waals surface area contributed by atoms with Crippen LogP contribution < -0.4 is 10.6 Å². The van der Waals surface area contributed by atoms with Gasteiger partial charge in [0.25, 0.3) is 0 Å². The molecule has 0 aromatic carbocycles. The van der Waals surface area contributed by atoms with Crippen LogP contribution in [0, 0.1) is 0 Å². The van der Waals surface area contributed by atoms with Crippen LogP contribution in [-0.2, 0) is 66.7 Å². The topological polar surface area (TPSA) is 269 Å². The number of halogens is 6. The van der Waals surface area contributed by atoms with E-state index < -0.39 is 129 Å². The lowest BCUT2D eigenvalue weighted by Gasteiger charge is -2.47. The van der Waals surface area contributed by atoms with Gasteiger partial charge in [0.1, 0.15) is 24.3 Å². The van der Waals surface area contributed by atoms with Crippen LogP contribution in [0.3, 0.4) is 0 Å². The average Bonchev–Trinajstić information content (AvgIpc) is 2.98. The number of carbonyl (C=O) groups excluding carboxylic acids is 6. The molecule has 1 amide bonds. The second-order valence-electron chi connectivity index (χ2n) is 10.9. The monoisotopic (exact) mass is 769 g/mol. The zero-order valence-electron chi connectivity index (χ0n) is 27.5. The van der Waals surface area contributed by atoms with E-state index in [2.05, 4.69) is 10.0 Å². The van der Waals surface area contributed by atoms with Crippen LogP contribution in [0.15, 0.2) is 5.11 Å². The number of alkyl halides is 6. The minimum atomic E-state index is -5.55. The Morgan fingerprint density at radius 3 is 1.62 bits per heavy atom. The van der Waals surface area contributed by atoms with Crippen molar-refractivity contribution in [1.82, 2.24) is 10.6 Å². The van der Waals surface area contributed by atoms with Crippen molar-refractivity contribution in [2.24, 2.45) is 5.11 Å². The number of ether oxygens (including phenoxy) is 8. The van der Waals surface area contributed by atoms with Gasteiger partial charge in [-0.05, 0) is 5.53 Å². The van der Waals surface area contributed by atoms with E-state index in [1.807, 2.05) is 0 Å². The number of amides is 1. The summed E-state index contributed by atoms with van der Waals surface area (Å²) in [7, 11) is 0. The van der Waals surface area contributed by atoms with Crippen LogP contribution in [0.25, 0.3) is 10.4 Å². The van der Waals surface area contributed by atoms with Gasteiger partial charge in [-0.15, -0.1) is 0 Å². The smallest absolute Gasteiger partial charge is 0.457 e. The molecule has 0 aliphatic carbocycles. The van der Waals surface area contributed by atoms with Gasteiger partial charge in [-0.3, -0.25) is 34.1 Å². The van der Waals surface area contributed by atoms with Crippen molar-refractivity contribution in [2.75, 3.05) is 13.2 Å². The molecular weight excluding hydrogens is 736 g/mol. The first kappa shape index (κ1) is 43.7. The van der Waals surface area contributed by atoms with Gasteiger partial charge in [-0.2, -0.15) is 26.3 Å². The molecule has 0 radical (unpaired) electrons. The van der Waals surface area contributed by atoms with Gasteiger partial charge in [0, 0.05) is 39.5 Å². The predicted octanol–water partition coefficient (Wildman–Crippen LogP) is -0.0610. The summed E-state index contributed by atoms with van der Waals surface area (Å²) in [6.45, 7) is 2.20. The van der Waals surface area contributed by atoms with Crippen molar-refractivity contribution < 1.29 is 98.1 Å². The maximum atomic E-state index is 13.5. The predicted molar refractivity (Wildman–Crippen MR) is 148 cm³/mol. The third kappa shape index (κ3) is 12.6. The highest BCUT2D eigenvalue weighted by Crippen LogP contribution is 2.33. The molecule has 0 aromatic heterocycles. The molecule has 26 heteroatoms. The molecule has 7 unspecified atom stereocenters. The summed E-state index contributed by atoms with van der Waals surface area (Å²) in [4.78, 5) is 74.5. The van der Waals surface area contributed by atoms with E-state index in [4.69, 9.17) is 43.4 Å². The largest absolute Gasteiger partial charge is 0.471 e. The fraction of sp³-hybridized carbons (Fsp3) is 0.769. The molecule has 2 rings (SSSR count). The number of carbonyl (C=O) groups is 6. The van der Waals surface area contributed by atoms with Gasteiger partial charge >= 0.3 is 48.1 Å². The molecule has 2 aliphatic heterocycles. The van der Waals surface area contributed by atoms with E-state index in [0.717, 1.165) is 34.6 Å². The molecular formula is C26H33F6N5O15. The van der Waals surface area contributed by atoms with Crippen LogP contribution in [0.5, 0.6) is 0 Å². The van der Waals surface area contributed by atoms with Crippen molar-refractivity contribution in [3.8, 4) is 0 Å². The first-order valence-corrected chi connectivity index (χ1v) is 14.6. The fourth-order valence-electron chi connectivity index (χ4n) is 4.97. The Bertz CT molecular complexity index is 1380. The second-order valence-corrected chi connectivity index (χ2v) is 10.9. The quantitative estimate of drug-likeness (QED) is 0.0421. The molecule has 2 fully saturated rings. The van der Waals surface area contributed by atoms with Gasteiger partial charge in [0.2, 0.25) is 12.5 Å². The summed E-state index contributed by atoms with van der Waals surface area (Å²) in [5, 5.41) is 16.3. The van der Waals surface area contributed by atoms with Crippen LogP contribution in [0.2, 0.25) is 0 Å². The van der Waals surface area contributed by atoms with E-state index in [1.165, 1.54) is 5.32 Å². The van der Waals surface area contributed by atoms with E-state index >= 15 is 0 Å². The molecule has 20 nitrogen and oxygen atoms in total. The second kappa shape index (κ2) is 18.3. The fourth-order valence-corrected chi connectivity index (χ4v) is 4.97. The lowest BCUT2D eigenvalue weighted by atomic mass is 9.94.